The molecule has 0 N–H and O–H groups in total. The van der Waals surface area contributed by atoms with Gasteiger partial charge in [0.25, 0.3) is 0 Å². The van der Waals surface area contributed by atoms with Crippen LogP contribution in [0.2, 0.25) is 0 Å². The molecule has 0 aromatic heterocycles. The Bertz CT molecular complexity index is 1130. The molecule has 1 aliphatic heterocycles. The molecule has 1 aliphatic rings. The van der Waals surface area contributed by atoms with Crippen LogP contribution in [0.4, 0.5) is 0 Å². The minimum Gasteiger partial charge on any atom is -0.493 e. The van der Waals surface area contributed by atoms with Crippen LogP contribution >= 0.6 is 31.9 Å². The van der Waals surface area contributed by atoms with Crippen LogP contribution in [-0.4, -0.2) is 73.5 Å². The number of hydrogen-bond donors (Lipinski definition) is 0. The molecule has 0 spiro atoms. The highest BCUT2D eigenvalue weighted by Crippen LogP contribution is 2.47. The average molecular weight is 627 g/mol. The normalized spacial score (nSPS) is 16.3. The van der Waals surface area contributed by atoms with Gasteiger partial charge in [0, 0.05) is 24.2 Å². The van der Waals surface area contributed by atoms with Crippen molar-refractivity contribution in [3.63, 3.8) is 0 Å². The summed E-state index contributed by atoms with van der Waals surface area (Å²) in [6, 6.07) is 3.61. The van der Waals surface area contributed by atoms with Crippen molar-refractivity contribution < 1.29 is 33.2 Å². The zero-order valence-electron chi connectivity index (χ0n) is 21.3. The Hall–Kier alpha value is -2.69. The topological polar surface area (TPSA) is 75.7 Å². The zero-order chi connectivity index (χ0) is 26.6. The molecular weight excluding hydrogens is 598 g/mol. The molecule has 1 heterocycles. The van der Waals surface area contributed by atoms with Crippen LogP contribution in [0.25, 0.3) is 12.2 Å². The lowest BCUT2D eigenvalue weighted by Gasteiger charge is -2.26. The second-order valence-corrected chi connectivity index (χ2v) is 9.52. The number of methoxy groups -OCH3 is 6. The van der Waals surface area contributed by atoms with E-state index in [2.05, 4.69) is 36.8 Å². The van der Waals surface area contributed by atoms with Gasteiger partial charge in [0.05, 0.1) is 51.6 Å². The molecule has 0 atom stereocenters. The molecule has 0 saturated carbocycles. The molecule has 0 aliphatic carbocycles. The molecule has 0 bridgehead atoms. The van der Waals surface area contributed by atoms with Gasteiger partial charge in [0.1, 0.15) is 0 Å². The number of hydrogen-bond acceptors (Lipinski definition) is 8. The third kappa shape index (κ3) is 5.35. The van der Waals surface area contributed by atoms with Crippen LogP contribution in [0.15, 0.2) is 32.2 Å². The molecule has 0 unspecified atom stereocenters. The third-order valence-electron chi connectivity index (χ3n) is 5.72. The van der Waals surface area contributed by atoms with Crippen molar-refractivity contribution in [2.75, 3.05) is 62.8 Å². The summed E-state index contributed by atoms with van der Waals surface area (Å²) in [7, 11) is 11.3. The van der Waals surface area contributed by atoms with E-state index in [-0.39, 0.29) is 5.78 Å². The summed E-state index contributed by atoms with van der Waals surface area (Å²) in [6.45, 7) is 0.964. The summed E-state index contributed by atoms with van der Waals surface area (Å²) in [5, 5.41) is 0. The number of likely N-dealkylation sites (tertiary alicyclic amines) is 1. The van der Waals surface area contributed by atoms with E-state index in [1.54, 1.807) is 54.8 Å². The summed E-state index contributed by atoms with van der Waals surface area (Å²) >= 11 is 7.18. The highest BCUT2D eigenvalue weighted by Gasteiger charge is 2.27. The molecule has 0 amide bonds. The molecule has 10 heteroatoms. The van der Waals surface area contributed by atoms with Gasteiger partial charge in [-0.15, -0.1) is 0 Å². The highest BCUT2D eigenvalue weighted by atomic mass is 79.9. The van der Waals surface area contributed by atoms with Gasteiger partial charge in [-0.25, -0.2) is 0 Å². The SMILES string of the molecule is COc1cc(/C=C2\CN(C)C/C(=C\c3cc(OC)c(OC)c(OC)c3Br)C2=O)c(Br)c(OC)c1OC. The molecule has 2 aromatic carbocycles. The number of carbonyl (C=O) groups excluding carboxylic acids is 1. The Labute approximate surface area is 228 Å². The van der Waals surface area contributed by atoms with Crippen molar-refractivity contribution >= 4 is 49.8 Å². The van der Waals surface area contributed by atoms with E-state index in [1.165, 1.54) is 0 Å². The average Bonchev–Trinajstić information content (AvgIpc) is 2.87. The first-order valence-electron chi connectivity index (χ1n) is 10.9. The maximum atomic E-state index is 13.6. The molecule has 36 heavy (non-hydrogen) atoms. The minimum absolute atomic E-state index is 0.0607. The van der Waals surface area contributed by atoms with Crippen LogP contribution in [0.3, 0.4) is 0 Å². The van der Waals surface area contributed by atoms with Crippen LogP contribution in [0.5, 0.6) is 34.5 Å². The van der Waals surface area contributed by atoms with Crippen LogP contribution < -0.4 is 28.4 Å². The number of benzene rings is 2. The van der Waals surface area contributed by atoms with Crippen molar-refractivity contribution in [2.24, 2.45) is 0 Å². The largest absolute Gasteiger partial charge is 0.493 e. The van der Waals surface area contributed by atoms with E-state index in [0.717, 1.165) is 11.1 Å². The lowest BCUT2D eigenvalue weighted by Crippen LogP contribution is -2.34. The Morgan fingerprint density at radius 2 is 1.03 bits per heavy atom. The van der Waals surface area contributed by atoms with Gasteiger partial charge in [-0.1, -0.05) is 0 Å². The number of Topliss-reactive ketones (excluding diaryl/α,β-unsaturated/α-hetero) is 1. The molecular formula is C26H29Br2NO7. The van der Waals surface area contributed by atoms with Gasteiger partial charge in [-0.2, -0.15) is 0 Å². The predicted molar refractivity (Wildman–Crippen MR) is 146 cm³/mol. The van der Waals surface area contributed by atoms with Crippen LogP contribution in [0, 0.1) is 0 Å². The number of halogens is 2. The summed E-state index contributed by atoms with van der Waals surface area (Å²) < 4.78 is 34.3. The second-order valence-electron chi connectivity index (χ2n) is 7.94. The standard InChI is InChI=1S/C26H29Br2NO7/c1-29-12-16(8-14-10-18(31-2)23(33-4)25(35-6)20(14)27)22(30)17(13-29)9-15-11-19(32-3)24(34-5)26(36-7)21(15)28/h8-11H,12-13H2,1-7H3/b16-8+,17-9+. The van der Waals surface area contributed by atoms with E-state index >= 15 is 0 Å². The van der Waals surface area contributed by atoms with E-state index in [1.807, 2.05) is 19.2 Å². The zero-order valence-corrected chi connectivity index (χ0v) is 24.5. The second kappa shape index (κ2) is 12.0. The summed E-state index contributed by atoms with van der Waals surface area (Å²) in [5.41, 5.74) is 2.70. The van der Waals surface area contributed by atoms with Gasteiger partial charge in [0.2, 0.25) is 11.5 Å². The Morgan fingerprint density at radius 1 is 0.667 bits per heavy atom. The smallest absolute Gasteiger partial charge is 0.204 e. The Balaban J connectivity index is 2.12. The lowest BCUT2D eigenvalue weighted by atomic mass is 9.94. The number of nitrogens with zero attached hydrogens (tertiary/aromatic N) is 1. The Morgan fingerprint density at radius 3 is 1.33 bits per heavy atom. The van der Waals surface area contributed by atoms with E-state index in [0.29, 0.717) is 67.7 Å². The predicted octanol–water partition coefficient (Wildman–Crippen LogP) is 5.24. The van der Waals surface area contributed by atoms with Crippen molar-refractivity contribution in [1.29, 1.82) is 0 Å². The summed E-state index contributed by atoms with van der Waals surface area (Å²) in [5.74, 6) is 2.84. The third-order valence-corrected chi connectivity index (χ3v) is 7.35. The molecule has 0 radical (unpaired) electrons. The van der Waals surface area contributed by atoms with E-state index in [4.69, 9.17) is 28.4 Å². The van der Waals surface area contributed by atoms with Crippen molar-refractivity contribution in [3.8, 4) is 34.5 Å². The molecule has 8 nitrogen and oxygen atoms in total. The van der Waals surface area contributed by atoms with E-state index < -0.39 is 0 Å². The van der Waals surface area contributed by atoms with E-state index in [9.17, 15) is 4.79 Å². The first-order chi connectivity index (χ1) is 17.2. The first kappa shape index (κ1) is 27.9. The number of ketones is 1. The fourth-order valence-electron chi connectivity index (χ4n) is 4.08. The monoisotopic (exact) mass is 625 g/mol. The van der Waals surface area contributed by atoms with Crippen molar-refractivity contribution in [3.05, 3.63) is 43.4 Å². The minimum atomic E-state index is -0.0607. The highest BCUT2D eigenvalue weighted by molar-refractivity contribution is 9.11. The van der Waals surface area contributed by atoms with Gasteiger partial charge in [-0.3, -0.25) is 9.69 Å². The van der Waals surface area contributed by atoms with Gasteiger partial charge >= 0.3 is 0 Å². The number of carbonyl (C=O) groups is 1. The number of ether oxygens (including phenoxy) is 6. The fraction of sp³-hybridized carbons (Fsp3) is 0.346. The molecule has 194 valence electrons. The summed E-state index contributed by atoms with van der Waals surface area (Å²) in [6.07, 6.45) is 3.68. The van der Waals surface area contributed by atoms with Crippen molar-refractivity contribution in [1.82, 2.24) is 4.90 Å². The fourth-order valence-corrected chi connectivity index (χ4v) is 5.22. The van der Waals surface area contributed by atoms with Crippen molar-refractivity contribution in [2.45, 2.75) is 0 Å². The van der Waals surface area contributed by atoms with Gasteiger partial charge in [-0.05, 0) is 74.3 Å². The summed E-state index contributed by atoms with van der Waals surface area (Å²) in [4.78, 5) is 15.7. The van der Waals surface area contributed by atoms with Crippen LogP contribution in [0.1, 0.15) is 11.1 Å². The quantitative estimate of drug-likeness (QED) is 0.368. The maximum absolute atomic E-state index is 13.6. The Kier molecular flexibility index (Phi) is 9.32. The molecule has 2 aromatic rings. The van der Waals surface area contributed by atoms with Gasteiger partial charge < -0.3 is 28.4 Å². The first-order valence-corrected chi connectivity index (χ1v) is 12.4. The number of likely N-dealkylation sites (N-methyl/N-ethyl adjacent to an activating group) is 1. The number of rotatable bonds is 8. The van der Waals surface area contributed by atoms with Gasteiger partial charge in [0.15, 0.2) is 28.8 Å². The molecule has 1 saturated heterocycles. The molecule has 1 fully saturated rings. The molecule has 3 rings (SSSR count). The van der Waals surface area contributed by atoms with Crippen LogP contribution in [-0.2, 0) is 4.79 Å². The number of piperidine rings is 1. The maximum Gasteiger partial charge on any atom is 0.204 e. The lowest BCUT2D eigenvalue weighted by molar-refractivity contribution is -0.113.